The monoisotopic (exact) mass is 290 g/mol. The van der Waals surface area contributed by atoms with E-state index in [1.165, 1.54) is 0 Å². The van der Waals surface area contributed by atoms with E-state index in [2.05, 4.69) is 5.32 Å². The summed E-state index contributed by atoms with van der Waals surface area (Å²) in [5.74, 6) is 1.60. The Morgan fingerprint density at radius 3 is 2.85 bits per heavy atom. The van der Waals surface area contributed by atoms with Crippen LogP contribution in [0.2, 0.25) is 0 Å². The van der Waals surface area contributed by atoms with Crippen molar-refractivity contribution in [1.29, 1.82) is 0 Å². The molecule has 0 aliphatic heterocycles. The van der Waals surface area contributed by atoms with Crippen molar-refractivity contribution in [3.05, 3.63) is 41.9 Å². The van der Waals surface area contributed by atoms with Crippen LogP contribution in [-0.4, -0.2) is 11.7 Å². The van der Waals surface area contributed by atoms with E-state index >= 15 is 0 Å². The highest BCUT2D eigenvalue weighted by Crippen LogP contribution is 2.24. The normalized spacial score (nSPS) is 10.5. The molecule has 0 unspecified atom stereocenters. The summed E-state index contributed by atoms with van der Waals surface area (Å²) in [6.45, 7) is 3.86. The highest BCUT2D eigenvalue weighted by atomic mass is 32.2. The molecule has 2 aromatic rings. The first-order valence-corrected chi connectivity index (χ1v) is 7.37. The molecule has 20 heavy (non-hydrogen) atoms. The predicted octanol–water partition coefficient (Wildman–Crippen LogP) is 3.60. The first-order valence-electron chi connectivity index (χ1n) is 6.39. The molecular formula is C15H18N2O2S. The number of furan rings is 1. The van der Waals surface area contributed by atoms with Crippen LogP contribution in [0.25, 0.3) is 0 Å². The highest BCUT2D eigenvalue weighted by Gasteiger charge is 2.07. The Bertz CT molecular complexity index is 608. The number of hydrogen-bond donors (Lipinski definition) is 2. The fraction of sp³-hybridized carbons (Fsp3) is 0.267. The standard InChI is InChI=1S/C15H18N2O2S/c1-10-3-4-12(16)9-13(10)17-15(18)6-8-20-14-5-7-19-11(14)2/h3-5,7,9H,6,8,16H2,1-2H3,(H,17,18). The molecular weight excluding hydrogens is 272 g/mol. The Morgan fingerprint density at radius 1 is 1.35 bits per heavy atom. The first-order chi connectivity index (χ1) is 9.56. The van der Waals surface area contributed by atoms with E-state index in [9.17, 15) is 4.79 Å². The van der Waals surface area contributed by atoms with E-state index in [4.69, 9.17) is 10.2 Å². The third kappa shape index (κ3) is 3.81. The summed E-state index contributed by atoms with van der Waals surface area (Å²) < 4.78 is 5.21. The van der Waals surface area contributed by atoms with Crippen LogP contribution in [0.15, 0.2) is 39.8 Å². The summed E-state index contributed by atoms with van der Waals surface area (Å²) in [6.07, 6.45) is 2.11. The van der Waals surface area contributed by atoms with Crippen molar-refractivity contribution in [3.8, 4) is 0 Å². The maximum Gasteiger partial charge on any atom is 0.225 e. The van der Waals surface area contributed by atoms with Gasteiger partial charge in [-0.25, -0.2) is 0 Å². The minimum Gasteiger partial charge on any atom is -0.468 e. The fourth-order valence-electron chi connectivity index (χ4n) is 1.76. The molecule has 106 valence electrons. The molecule has 0 atom stereocenters. The minimum atomic E-state index is -0.00709. The number of rotatable bonds is 5. The van der Waals surface area contributed by atoms with E-state index in [-0.39, 0.29) is 5.91 Å². The number of thioether (sulfide) groups is 1. The smallest absolute Gasteiger partial charge is 0.225 e. The van der Waals surface area contributed by atoms with Crippen molar-refractivity contribution in [2.24, 2.45) is 0 Å². The van der Waals surface area contributed by atoms with Crippen molar-refractivity contribution >= 4 is 29.0 Å². The SMILES string of the molecule is Cc1ccc(N)cc1NC(=O)CCSc1ccoc1C. The van der Waals surface area contributed by atoms with Crippen molar-refractivity contribution in [3.63, 3.8) is 0 Å². The van der Waals surface area contributed by atoms with Crippen molar-refractivity contribution in [2.75, 3.05) is 16.8 Å². The van der Waals surface area contributed by atoms with Gasteiger partial charge < -0.3 is 15.5 Å². The lowest BCUT2D eigenvalue weighted by Gasteiger charge is -2.09. The second kappa shape index (κ2) is 6.52. The van der Waals surface area contributed by atoms with Gasteiger partial charge in [-0.3, -0.25) is 4.79 Å². The van der Waals surface area contributed by atoms with Gasteiger partial charge >= 0.3 is 0 Å². The Balaban J connectivity index is 1.84. The second-order valence-corrected chi connectivity index (χ2v) is 5.70. The van der Waals surface area contributed by atoms with Crippen LogP contribution in [0.5, 0.6) is 0 Å². The van der Waals surface area contributed by atoms with Crippen molar-refractivity contribution < 1.29 is 9.21 Å². The number of carbonyl (C=O) groups is 1. The van der Waals surface area contributed by atoms with Crippen LogP contribution in [-0.2, 0) is 4.79 Å². The van der Waals surface area contributed by atoms with E-state index in [0.29, 0.717) is 17.9 Å². The summed E-state index contributed by atoms with van der Waals surface area (Å²) in [4.78, 5) is 13.0. The average molecular weight is 290 g/mol. The summed E-state index contributed by atoms with van der Waals surface area (Å²) in [7, 11) is 0. The zero-order valence-corrected chi connectivity index (χ0v) is 12.4. The highest BCUT2D eigenvalue weighted by molar-refractivity contribution is 7.99. The molecule has 1 heterocycles. The maximum absolute atomic E-state index is 11.9. The second-order valence-electron chi connectivity index (χ2n) is 4.56. The molecule has 4 nitrogen and oxygen atoms in total. The average Bonchev–Trinajstić information content (AvgIpc) is 2.80. The Morgan fingerprint density at radius 2 is 2.15 bits per heavy atom. The number of hydrogen-bond acceptors (Lipinski definition) is 4. The predicted molar refractivity (Wildman–Crippen MR) is 83.0 cm³/mol. The fourth-order valence-corrected chi connectivity index (χ4v) is 2.67. The number of amides is 1. The number of benzene rings is 1. The van der Waals surface area contributed by atoms with E-state index in [1.807, 2.05) is 32.0 Å². The van der Waals surface area contributed by atoms with E-state index in [1.54, 1.807) is 24.1 Å². The molecule has 0 aliphatic carbocycles. The van der Waals surface area contributed by atoms with Gasteiger partial charge in [0.1, 0.15) is 5.76 Å². The maximum atomic E-state index is 11.9. The molecule has 0 radical (unpaired) electrons. The molecule has 0 saturated heterocycles. The van der Waals surface area contributed by atoms with Gasteiger partial charge in [-0.1, -0.05) is 6.07 Å². The van der Waals surface area contributed by atoms with Crippen LogP contribution >= 0.6 is 11.8 Å². The lowest BCUT2D eigenvalue weighted by Crippen LogP contribution is -2.13. The molecule has 0 fully saturated rings. The van der Waals surface area contributed by atoms with Crippen LogP contribution in [0.3, 0.4) is 0 Å². The quantitative estimate of drug-likeness (QED) is 0.652. The van der Waals surface area contributed by atoms with Gasteiger partial charge in [0, 0.05) is 28.4 Å². The number of nitrogen functional groups attached to an aromatic ring is 1. The van der Waals surface area contributed by atoms with Gasteiger partial charge in [-0.05, 0) is 37.6 Å². The van der Waals surface area contributed by atoms with Gasteiger partial charge in [0.15, 0.2) is 0 Å². The lowest BCUT2D eigenvalue weighted by molar-refractivity contribution is -0.115. The molecule has 1 aromatic heterocycles. The Kier molecular flexibility index (Phi) is 4.74. The van der Waals surface area contributed by atoms with E-state index < -0.39 is 0 Å². The van der Waals surface area contributed by atoms with Gasteiger partial charge in [-0.2, -0.15) is 0 Å². The van der Waals surface area contributed by atoms with Crippen molar-refractivity contribution in [2.45, 2.75) is 25.2 Å². The molecule has 0 saturated carbocycles. The summed E-state index contributed by atoms with van der Waals surface area (Å²) >= 11 is 1.62. The molecule has 0 bridgehead atoms. The number of anilines is 2. The van der Waals surface area contributed by atoms with E-state index in [0.717, 1.165) is 21.9 Å². The molecule has 3 N–H and O–H groups in total. The van der Waals surface area contributed by atoms with Crippen LogP contribution < -0.4 is 11.1 Å². The van der Waals surface area contributed by atoms with Gasteiger partial charge in [0.25, 0.3) is 0 Å². The molecule has 1 amide bonds. The minimum absolute atomic E-state index is 0.00709. The summed E-state index contributed by atoms with van der Waals surface area (Å²) in [5.41, 5.74) is 8.15. The zero-order chi connectivity index (χ0) is 14.5. The van der Waals surface area contributed by atoms with Crippen LogP contribution in [0.4, 0.5) is 11.4 Å². The molecule has 2 rings (SSSR count). The molecule has 0 aliphatic rings. The zero-order valence-electron chi connectivity index (χ0n) is 11.6. The molecule has 0 spiro atoms. The van der Waals surface area contributed by atoms with Crippen molar-refractivity contribution in [1.82, 2.24) is 0 Å². The topological polar surface area (TPSA) is 68.3 Å². The van der Waals surface area contributed by atoms with Gasteiger partial charge in [0.2, 0.25) is 5.91 Å². The summed E-state index contributed by atoms with van der Waals surface area (Å²) in [5, 5.41) is 2.89. The number of nitrogens with two attached hydrogens (primary N) is 1. The molecule has 1 aromatic carbocycles. The number of carbonyl (C=O) groups excluding carboxylic acids is 1. The lowest BCUT2D eigenvalue weighted by atomic mass is 10.2. The first kappa shape index (κ1) is 14.5. The summed E-state index contributed by atoms with van der Waals surface area (Å²) in [6, 6.07) is 7.41. The van der Waals surface area contributed by atoms with Gasteiger partial charge in [0.05, 0.1) is 6.26 Å². The Labute approximate surface area is 122 Å². The Hall–Kier alpha value is -1.88. The molecule has 5 heteroatoms. The van der Waals surface area contributed by atoms with Crippen LogP contribution in [0.1, 0.15) is 17.7 Å². The third-order valence-electron chi connectivity index (χ3n) is 2.93. The van der Waals surface area contributed by atoms with Crippen LogP contribution in [0, 0.1) is 13.8 Å². The largest absolute Gasteiger partial charge is 0.468 e. The number of nitrogens with one attached hydrogen (secondary N) is 1. The van der Waals surface area contributed by atoms with Gasteiger partial charge in [-0.15, -0.1) is 11.8 Å². The third-order valence-corrected chi connectivity index (χ3v) is 4.08. The number of aryl methyl sites for hydroxylation is 2.